The number of hydrogen-bond acceptors (Lipinski definition) is 3. The van der Waals surface area contributed by atoms with Crippen molar-refractivity contribution in [2.24, 2.45) is 7.05 Å². The molecule has 0 spiro atoms. The molecule has 0 saturated carbocycles. The van der Waals surface area contributed by atoms with Gasteiger partial charge in [-0.25, -0.2) is 4.79 Å². The zero-order valence-electron chi connectivity index (χ0n) is 10.1. The Bertz CT molecular complexity index is 716. The quantitative estimate of drug-likeness (QED) is 0.874. The molecule has 0 aliphatic carbocycles. The number of rotatable bonds is 2. The highest BCUT2D eigenvalue weighted by Gasteiger charge is 2.12. The molecule has 5 nitrogen and oxygen atoms in total. The van der Waals surface area contributed by atoms with Crippen molar-refractivity contribution in [2.45, 2.75) is 19.6 Å². The molecule has 1 aromatic carbocycles. The van der Waals surface area contributed by atoms with Crippen molar-refractivity contribution in [1.82, 2.24) is 9.13 Å². The molecule has 0 amide bonds. The Hall–Kier alpha value is -1.59. The lowest BCUT2D eigenvalue weighted by molar-refractivity contribution is 0.170. The SMILES string of the molecule is CC(O)Cn1c(=O)c2cc(Cl)ccc2n(C)c1=O. The van der Waals surface area contributed by atoms with Crippen LogP contribution in [-0.2, 0) is 13.6 Å². The Kier molecular flexibility index (Phi) is 3.28. The molecule has 2 rings (SSSR count). The monoisotopic (exact) mass is 268 g/mol. The number of nitrogens with zero attached hydrogens (tertiary/aromatic N) is 2. The van der Waals surface area contributed by atoms with Crippen LogP contribution in [0.15, 0.2) is 27.8 Å². The van der Waals surface area contributed by atoms with Gasteiger partial charge in [-0.05, 0) is 25.1 Å². The van der Waals surface area contributed by atoms with E-state index in [2.05, 4.69) is 0 Å². The number of aryl methyl sites for hydroxylation is 1. The molecule has 0 radical (unpaired) electrons. The summed E-state index contributed by atoms with van der Waals surface area (Å²) in [6.45, 7) is 1.49. The Morgan fingerprint density at radius 1 is 1.39 bits per heavy atom. The second kappa shape index (κ2) is 4.59. The third-order valence-electron chi connectivity index (χ3n) is 2.76. The second-order valence-corrected chi connectivity index (χ2v) is 4.70. The largest absolute Gasteiger partial charge is 0.392 e. The summed E-state index contributed by atoms with van der Waals surface area (Å²) >= 11 is 5.86. The third-order valence-corrected chi connectivity index (χ3v) is 3.00. The van der Waals surface area contributed by atoms with Crippen molar-refractivity contribution in [2.75, 3.05) is 0 Å². The fraction of sp³-hybridized carbons (Fsp3) is 0.333. The Morgan fingerprint density at radius 3 is 2.67 bits per heavy atom. The smallest absolute Gasteiger partial charge is 0.331 e. The maximum atomic E-state index is 12.2. The van der Waals surface area contributed by atoms with Gasteiger partial charge in [0.25, 0.3) is 5.56 Å². The molecule has 0 aliphatic heterocycles. The van der Waals surface area contributed by atoms with Gasteiger partial charge in [-0.1, -0.05) is 11.6 Å². The van der Waals surface area contributed by atoms with Gasteiger partial charge < -0.3 is 5.11 Å². The van der Waals surface area contributed by atoms with Gasteiger partial charge in [0.15, 0.2) is 0 Å². The highest BCUT2D eigenvalue weighted by atomic mass is 35.5. The summed E-state index contributed by atoms with van der Waals surface area (Å²) in [5.74, 6) is 0. The predicted octanol–water partition coefficient (Wildman–Crippen LogP) is 0.734. The molecule has 6 heteroatoms. The Balaban J connectivity index is 2.89. The van der Waals surface area contributed by atoms with E-state index in [1.807, 2.05) is 0 Å². The van der Waals surface area contributed by atoms with Crippen molar-refractivity contribution in [3.63, 3.8) is 0 Å². The van der Waals surface area contributed by atoms with Crippen molar-refractivity contribution in [1.29, 1.82) is 0 Å². The van der Waals surface area contributed by atoms with Crippen LogP contribution in [0.3, 0.4) is 0 Å². The van der Waals surface area contributed by atoms with E-state index in [9.17, 15) is 14.7 Å². The van der Waals surface area contributed by atoms with Crippen LogP contribution in [0.4, 0.5) is 0 Å². The predicted molar refractivity (Wildman–Crippen MR) is 70.1 cm³/mol. The molecule has 18 heavy (non-hydrogen) atoms. The topological polar surface area (TPSA) is 64.2 Å². The van der Waals surface area contributed by atoms with E-state index < -0.39 is 17.4 Å². The van der Waals surface area contributed by atoms with Crippen LogP contribution < -0.4 is 11.2 Å². The summed E-state index contributed by atoms with van der Waals surface area (Å²) in [4.78, 5) is 24.2. The van der Waals surface area contributed by atoms with Crippen LogP contribution >= 0.6 is 11.6 Å². The minimum Gasteiger partial charge on any atom is -0.392 e. The van der Waals surface area contributed by atoms with Crippen molar-refractivity contribution >= 4 is 22.5 Å². The van der Waals surface area contributed by atoms with E-state index in [0.717, 1.165) is 4.57 Å². The molecule has 1 unspecified atom stereocenters. The molecule has 1 heterocycles. The average Bonchev–Trinajstić information content (AvgIpc) is 2.31. The molecular formula is C12H13ClN2O3. The molecule has 1 aromatic heterocycles. The van der Waals surface area contributed by atoms with E-state index in [4.69, 9.17) is 11.6 Å². The summed E-state index contributed by atoms with van der Waals surface area (Å²) in [5.41, 5.74) is -0.358. The van der Waals surface area contributed by atoms with E-state index in [-0.39, 0.29) is 6.54 Å². The minimum atomic E-state index is -0.771. The first-order valence-electron chi connectivity index (χ1n) is 5.49. The van der Waals surface area contributed by atoms with Gasteiger partial charge in [-0.3, -0.25) is 13.9 Å². The first-order valence-corrected chi connectivity index (χ1v) is 5.86. The number of halogens is 1. The van der Waals surface area contributed by atoms with Crippen LogP contribution in [-0.4, -0.2) is 20.3 Å². The second-order valence-electron chi connectivity index (χ2n) is 4.27. The van der Waals surface area contributed by atoms with E-state index in [1.54, 1.807) is 19.2 Å². The first kappa shape index (κ1) is 12.9. The lowest BCUT2D eigenvalue weighted by atomic mass is 10.2. The van der Waals surface area contributed by atoms with Crippen molar-refractivity contribution in [3.05, 3.63) is 44.1 Å². The highest BCUT2D eigenvalue weighted by Crippen LogP contribution is 2.14. The zero-order chi connectivity index (χ0) is 13.4. The number of aliphatic hydroxyl groups is 1. The number of aliphatic hydroxyl groups excluding tert-OH is 1. The summed E-state index contributed by atoms with van der Waals surface area (Å²) < 4.78 is 2.39. The number of hydrogen-bond donors (Lipinski definition) is 1. The molecule has 0 saturated heterocycles. The lowest BCUT2D eigenvalue weighted by Gasteiger charge is -2.11. The standard InChI is InChI=1S/C12H13ClN2O3/c1-7(16)6-15-11(17)9-5-8(13)3-4-10(9)14(2)12(15)18/h3-5,7,16H,6H2,1-2H3. The maximum absolute atomic E-state index is 12.2. The Labute approximate surface area is 108 Å². The van der Waals surface area contributed by atoms with Crippen LogP contribution in [0, 0.1) is 0 Å². The summed E-state index contributed by atoms with van der Waals surface area (Å²) in [6, 6.07) is 4.78. The summed E-state index contributed by atoms with van der Waals surface area (Å²) in [5, 5.41) is 10.1. The molecule has 2 aromatic rings. The average molecular weight is 269 g/mol. The van der Waals surface area contributed by atoms with E-state index >= 15 is 0 Å². The van der Waals surface area contributed by atoms with Gasteiger partial charge in [0.1, 0.15) is 0 Å². The number of fused-ring (bicyclic) bond motifs is 1. The van der Waals surface area contributed by atoms with Gasteiger partial charge in [0.05, 0.1) is 23.6 Å². The zero-order valence-corrected chi connectivity index (χ0v) is 10.8. The maximum Gasteiger partial charge on any atom is 0.331 e. The van der Waals surface area contributed by atoms with Crippen LogP contribution in [0.1, 0.15) is 6.92 Å². The van der Waals surface area contributed by atoms with Crippen LogP contribution in [0.25, 0.3) is 10.9 Å². The van der Waals surface area contributed by atoms with Crippen LogP contribution in [0.2, 0.25) is 5.02 Å². The summed E-state index contributed by atoms with van der Waals surface area (Å²) in [7, 11) is 1.58. The molecule has 96 valence electrons. The molecule has 0 bridgehead atoms. The van der Waals surface area contributed by atoms with Crippen LogP contribution in [0.5, 0.6) is 0 Å². The lowest BCUT2D eigenvalue weighted by Crippen LogP contribution is -2.41. The van der Waals surface area contributed by atoms with Gasteiger partial charge in [-0.2, -0.15) is 0 Å². The van der Waals surface area contributed by atoms with E-state index in [0.29, 0.717) is 15.9 Å². The van der Waals surface area contributed by atoms with E-state index in [1.165, 1.54) is 17.6 Å². The normalized spacial score (nSPS) is 12.9. The van der Waals surface area contributed by atoms with Crippen molar-refractivity contribution < 1.29 is 5.11 Å². The Morgan fingerprint density at radius 2 is 2.06 bits per heavy atom. The van der Waals surface area contributed by atoms with Gasteiger partial charge in [0.2, 0.25) is 0 Å². The summed E-state index contributed by atoms with van der Waals surface area (Å²) in [6.07, 6.45) is -0.771. The number of aromatic nitrogens is 2. The molecular weight excluding hydrogens is 256 g/mol. The highest BCUT2D eigenvalue weighted by molar-refractivity contribution is 6.31. The minimum absolute atomic E-state index is 0.0338. The molecule has 1 atom stereocenters. The fourth-order valence-corrected chi connectivity index (χ4v) is 2.09. The third kappa shape index (κ3) is 2.07. The molecule has 1 N–H and O–H groups in total. The van der Waals surface area contributed by atoms with Gasteiger partial charge in [-0.15, -0.1) is 0 Å². The number of benzene rings is 1. The fourth-order valence-electron chi connectivity index (χ4n) is 1.91. The molecule has 0 fully saturated rings. The van der Waals surface area contributed by atoms with Gasteiger partial charge >= 0.3 is 5.69 Å². The first-order chi connectivity index (χ1) is 8.41. The van der Waals surface area contributed by atoms with Gasteiger partial charge in [0, 0.05) is 12.1 Å². The molecule has 0 aliphatic rings. The van der Waals surface area contributed by atoms with Crippen molar-refractivity contribution in [3.8, 4) is 0 Å².